The summed E-state index contributed by atoms with van der Waals surface area (Å²) < 4.78 is 33.2. The molecule has 0 bridgehead atoms. The van der Waals surface area contributed by atoms with Gasteiger partial charge in [0.15, 0.2) is 5.82 Å². The molecule has 0 radical (unpaired) electrons. The quantitative estimate of drug-likeness (QED) is 0.723. The monoisotopic (exact) mass is 300 g/mol. The highest BCUT2D eigenvalue weighted by molar-refractivity contribution is 7.89. The van der Waals surface area contributed by atoms with Crippen LogP contribution in [0, 0.1) is 13.8 Å². The molecule has 0 saturated carbocycles. The number of rotatable bonds is 6. The highest BCUT2D eigenvalue weighted by Gasteiger charge is 2.24. The average molecular weight is 300 g/mol. The average Bonchev–Trinajstić information content (AvgIpc) is 2.97. The van der Waals surface area contributed by atoms with Gasteiger partial charge in [0, 0.05) is 6.54 Å². The molecule has 3 N–H and O–H groups in total. The van der Waals surface area contributed by atoms with Crippen molar-refractivity contribution in [2.24, 2.45) is 5.73 Å². The van der Waals surface area contributed by atoms with Crippen LogP contribution in [-0.2, 0) is 23.1 Å². The Balaban J connectivity index is 2.25. The Morgan fingerprint density at radius 2 is 2.20 bits per heavy atom. The van der Waals surface area contributed by atoms with Crippen molar-refractivity contribution in [3.63, 3.8) is 0 Å². The fourth-order valence-electron chi connectivity index (χ4n) is 1.91. The summed E-state index contributed by atoms with van der Waals surface area (Å²) in [5, 5.41) is 7.72. The Morgan fingerprint density at radius 3 is 2.80 bits per heavy atom. The SMILES string of the molecule is Cc1nn(CCN)c(C)c1S(=O)(=O)NCc1ncon1. The van der Waals surface area contributed by atoms with Crippen LogP contribution in [0.15, 0.2) is 15.8 Å². The number of nitrogens with one attached hydrogen (secondary N) is 1. The van der Waals surface area contributed by atoms with E-state index in [0.29, 0.717) is 24.5 Å². The Labute approximate surface area is 116 Å². The highest BCUT2D eigenvalue weighted by atomic mass is 32.2. The number of aryl methyl sites for hydroxylation is 1. The predicted molar refractivity (Wildman–Crippen MR) is 69.1 cm³/mol. The molecule has 0 saturated heterocycles. The molecule has 2 aromatic rings. The van der Waals surface area contributed by atoms with Gasteiger partial charge in [-0.15, -0.1) is 0 Å². The summed E-state index contributed by atoms with van der Waals surface area (Å²) in [4.78, 5) is 3.91. The summed E-state index contributed by atoms with van der Waals surface area (Å²) in [6.07, 6.45) is 1.14. The van der Waals surface area contributed by atoms with Crippen molar-refractivity contribution in [1.82, 2.24) is 24.6 Å². The first-order valence-electron chi connectivity index (χ1n) is 5.94. The molecule has 2 rings (SSSR count). The molecule has 9 nitrogen and oxygen atoms in total. The highest BCUT2D eigenvalue weighted by Crippen LogP contribution is 2.19. The molecule has 0 unspecified atom stereocenters. The van der Waals surface area contributed by atoms with Gasteiger partial charge < -0.3 is 10.3 Å². The molecule has 0 aliphatic heterocycles. The number of hydrogen-bond donors (Lipinski definition) is 2. The van der Waals surface area contributed by atoms with E-state index in [9.17, 15) is 8.42 Å². The molecule has 10 heteroatoms. The first-order chi connectivity index (χ1) is 9.45. The zero-order chi connectivity index (χ0) is 14.8. The third kappa shape index (κ3) is 2.86. The van der Waals surface area contributed by atoms with E-state index in [2.05, 4.69) is 24.5 Å². The van der Waals surface area contributed by atoms with E-state index in [-0.39, 0.29) is 17.3 Å². The Morgan fingerprint density at radius 1 is 1.45 bits per heavy atom. The Bertz CT molecular complexity index is 676. The van der Waals surface area contributed by atoms with Crippen LogP contribution in [-0.4, -0.2) is 34.9 Å². The molecule has 0 aliphatic rings. The molecule has 110 valence electrons. The molecule has 0 fully saturated rings. The second kappa shape index (κ2) is 5.69. The maximum atomic E-state index is 12.3. The van der Waals surface area contributed by atoms with Gasteiger partial charge in [-0.1, -0.05) is 5.16 Å². The van der Waals surface area contributed by atoms with Gasteiger partial charge in [-0.25, -0.2) is 13.1 Å². The van der Waals surface area contributed by atoms with Crippen molar-refractivity contribution in [3.8, 4) is 0 Å². The molecular weight excluding hydrogens is 284 g/mol. The smallest absolute Gasteiger partial charge is 0.244 e. The van der Waals surface area contributed by atoms with Gasteiger partial charge in [-0.2, -0.15) is 10.1 Å². The van der Waals surface area contributed by atoms with Crippen LogP contribution >= 0.6 is 0 Å². The van der Waals surface area contributed by atoms with Crippen molar-refractivity contribution in [2.75, 3.05) is 6.54 Å². The van der Waals surface area contributed by atoms with Crippen molar-refractivity contribution >= 4 is 10.0 Å². The first-order valence-corrected chi connectivity index (χ1v) is 7.43. The lowest BCUT2D eigenvalue weighted by atomic mass is 10.4. The van der Waals surface area contributed by atoms with E-state index in [0.717, 1.165) is 6.39 Å². The predicted octanol–water partition coefficient (Wildman–Crippen LogP) is -0.680. The molecular formula is C10H16N6O3S. The summed E-state index contributed by atoms with van der Waals surface area (Å²) in [5.74, 6) is 0.262. The van der Waals surface area contributed by atoms with Gasteiger partial charge in [-0.05, 0) is 13.8 Å². The zero-order valence-corrected chi connectivity index (χ0v) is 12.0. The summed E-state index contributed by atoms with van der Waals surface area (Å²) in [6, 6.07) is 0. The second-order valence-corrected chi connectivity index (χ2v) is 5.89. The van der Waals surface area contributed by atoms with Crippen LogP contribution in [0.25, 0.3) is 0 Å². The van der Waals surface area contributed by atoms with E-state index < -0.39 is 10.0 Å². The van der Waals surface area contributed by atoms with Crippen molar-refractivity contribution in [2.45, 2.75) is 31.8 Å². The minimum Gasteiger partial charge on any atom is -0.343 e. The molecule has 0 spiro atoms. The van der Waals surface area contributed by atoms with Gasteiger partial charge in [-0.3, -0.25) is 4.68 Å². The summed E-state index contributed by atoms with van der Waals surface area (Å²) in [5.41, 5.74) is 6.44. The van der Waals surface area contributed by atoms with Gasteiger partial charge in [0.1, 0.15) is 4.90 Å². The minimum absolute atomic E-state index is 0.0419. The van der Waals surface area contributed by atoms with Gasteiger partial charge >= 0.3 is 0 Å². The van der Waals surface area contributed by atoms with E-state index in [4.69, 9.17) is 5.73 Å². The van der Waals surface area contributed by atoms with E-state index in [1.54, 1.807) is 18.5 Å². The van der Waals surface area contributed by atoms with Crippen molar-refractivity contribution in [3.05, 3.63) is 23.6 Å². The van der Waals surface area contributed by atoms with Crippen LogP contribution in [0.1, 0.15) is 17.2 Å². The lowest BCUT2D eigenvalue weighted by molar-refractivity contribution is 0.409. The van der Waals surface area contributed by atoms with Crippen LogP contribution in [0.4, 0.5) is 0 Å². The Hall–Kier alpha value is -1.78. The molecule has 2 heterocycles. The van der Waals surface area contributed by atoms with Gasteiger partial charge in [0.05, 0.1) is 24.5 Å². The maximum absolute atomic E-state index is 12.3. The number of aromatic nitrogens is 4. The van der Waals surface area contributed by atoms with Crippen molar-refractivity contribution in [1.29, 1.82) is 0 Å². The Kier molecular flexibility index (Phi) is 4.16. The fourth-order valence-corrected chi connectivity index (χ4v) is 3.30. The maximum Gasteiger partial charge on any atom is 0.244 e. The third-order valence-corrected chi connectivity index (χ3v) is 4.40. The van der Waals surface area contributed by atoms with Gasteiger partial charge in [0.2, 0.25) is 16.4 Å². The number of nitrogens with zero attached hydrogens (tertiary/aromatic N) is 4. The normalized spacial score (nSPS) is 11.9. The fraction of sp³-hybridized carbons (Fsp3) is 0.500. The first kappa shape index (κ1) is 14.6. The standard InChI is InChI=1S/C10H16N6O3S/c1-7-10(8(2)16(14-7)4-3-11)20(17,18)13-5-9-12-6-19-15-9/h6,13H,3-5,11H2,1-2H3. The second-order valence-electron chi connectivity index (χ2n) is 4.18. The molecule has 2 aromatic heterocycles. The number of hydrogen-bond acceptors (Lipinski definition) is 7. The minimum atomic E-state index is -3.69. The summed E-state index contributed by atoms with van der Waals surface area (Å²) in [7, 11) is -3.69. The molecule has 0 aromatic carbocycles. The third-order valence-electron chi connectivity index (χ3n) is 2.75. The zero-order valence-electron chi connectivity index (χ0n) is 11.2. The molecule has 20 heavy (non-hydrogen) atoms. The molecule has 0 aliphatic carbocycles. The topological polar surface area (TPSA) is 129 Å². The van der Waals surface area contributed by atoms with Crippen molar-refractivity contribution < 1.29 is 12.9 Å². The largest absolute Gasteiger partial charge is 0.343 e. The number of sulfonamides is 1. The van der Waals surface area contributed by atoms with E-state index >= 15 is 0 Å². The van der Waals surface area contributed by atoms with E-state index in [1.807, 2.05) is 0 Å². The molecule has 0 amide bonds. The number of nitrogens with two attached hydrogens (primary N) is 1. The van der Waals surface area contributed by atoms with E-state index in [1.165, 1.54) is 0 Å². The molecule has 0 atom stereocenters. The van der Waals surface area contributed by atoms with Crippen LogP contribution in [0.3, 0.4) is 0 Å². The van der Waals surface area contributed by atoms with Gasteiger partial charge in [0.25, 0.3) is 0 Å². The van der Waals surface area contributed by atoms with Crippen LogP contribution in [0.5, 0.6) is 0 Å². The summed E-state index contributed by atoms with van der Waals surface area (Å²) >= 11 is 0. The lowest BCUT2D eigenvalue weighted by Gasteiger charge is -2.06. The summed E-state index contributed by atoms with van der Waals surface area (Å²) in [6.45, 7) is 4.14. The lowest BCUT2D eigenvalue weighted by Crippen LogP contribution is -2.25. The van der Waals surface area contributed by atoms with Crippen LogP contribution in [0.2, 0.25) is 0 Å². The van der Waals surface area contributed by atoms with Crippen LogP contribution < -0.4 is 10.5 Å².